The average molecular weight is 313 g/mol. The monoisotopic (exact) mass is 312 g/mol. The molecule has 21 heavy (non-hydrogen) atoms. The maximum atomic E-state index is 13.5. The second-order valence-electron chi connectivity index (χ2n) is 5.96. The van der Waals surface area contributed by atoms with E-state index in [0.717, 1.165) is 25.7 Å². The summed E-state index contributed by atoms with van der Waals surface area (Å²) >= 11 is 5.67. The number of rotatable bonds is 5. The number of halogens is 2. The van der Waals surface area contributed by atoms with Crippen molar-refractivity contribution in [1.29, 1.82) is 0 Å². The van der Waals surface area contributed by atoms with Crippen LogP contribution in [0.15, 0.2) is 18.2 Å². The van der Waals surface area contributed by atoms with Crippen LogP contribution in [0.5, 0.6) is 0 Å². The van der Waals surface area contributed by atoms with E-state index in [2.05, 4.69) is 6.92 Å². The molecule has 1 aromatic carbocycles. The Hall–Kier alpha value is -0.930. The molecule has 1 fully saturated rings. The first-order chi connectivity index (χ1) is 9.97. The van der Waals surface area contributed by atoms with Crippen LogP contribution in [0.2, 0.25) is 5.02 Å². The second kappa shape index (κ2) is 6.89. The number of benzene rings is 1. The molecular weight excluding hydrogens is 291 g/mol. The van der Waals surface area contributed by atoms with E-state index >= 15 is 0 Å². The molecule has 1 aliphatic carbocycles. The molecule has 0 heterocycles. The lowest BCUT2D eigenvalue weighted by Gasteiger charge is -2.38. The van der Waals surface area contributed by atoms with Gasteiger partial charge >= 0.3 is 0 Å². The number of hydrogen-bond acceptors (Lipinski definition) is 2. The zero-order valence-electron chi connectivity index (χ0n) is 12.6. The van der Waals surface area contributed by atoms with Gasteiger partial charge in [-0.15, -0.1) is 0 Å². The highest BCUT2D eigenvalue weighted by molar-refractivity contribution is 6.30. The van der Waals surface area contributed by atoms with Crippen LogP contribution in [0.1, 0.15) is 45.1 Å². The summed E-state index contributed by atoms with van der Waals surface area (Å²) in [5.74, 6) is 0.210. The van der Waals surface area contributed by atoms with Gasteiger partial charge in [-0.25, -0.2) is 4.39 Å². The van der Waals surface area contributed by atoms with E-state index in [0.29, 0.717) is 18.1 Å². The van der Waals surface area contributed by atoms with Gasteiger partial charge in [-0.05, 0) is 56.2 Å². The number of hydrogen-bond donors (Lipinski definition) is 0. The topological polar surface area (TPSA) is 26.3 Å². The molecule has 1 saturated carbocycles. The summed E-state index contributed by atoms with van der Waals surface area (Å²) in [6.45, 7) is 4.64. The predicted molar refractivity (Wildman–Crippen MR) is 82.1 cm³/mol. The largest absolute Gasteiger partial charge is 0.367 e. The maximum Gasteiger partial charge on any atom is 0.168 e. The van der Waals surface area contributed by atoms with Crippen LogP contribution < -0.4 is 0 Å². The molecule has 0 aliphatic heterocycles. The molecular formula is C17H22ClFO2. The lowest BCUT2D eigenvalue weighted by Crippen LogP contribution is -2.45. The van der Waals surface area contributed by atoms with Crippen molar-refractivity contribution in [3.05, 3.63) is 34.6 Å². The van der Waals surface area contributed by atoms with Crippen LogP contribution in [-0.4, -0.2) is 18.0 Å². The van der Waals surface area contributed by atoms with Crippen molar-refractivity contribution in [2.75, 3.05) is 6.61 Å². The summed E-state index contributed by atoms with van der Waals surface area (Å²) in [4.78, 5) is 12.7. The number of carbonyl (C=O) groups excluding carboxylic acids is 1. The SMILES string of the molecule is CCOC1(C(=O)Cc2ccc(Cl)c(F)c2)CCC(C)CC1. The number of Topliss-reactive ketones (excluding diaryl/α,β-unsaturated/α-hetero) is 1. The van der Waals surface area contributed by atoms with Gasteiger partial charge in [0, 0.05) is 13.0 Å². The summed E-state index contributed by atoms with van der Waals surface area (Å²) in [6.07, 6.45) is 3.72. The first kappa shape index (κ1) is 16.4. The minimum absolute atomic E-state index is 0.0537. The van der Waals surface area contributed by atoms with Gasteiger partial charge < -0.3 is 4.74 Å². The molecule has 0 amide bonds. The van der Waals surface area contributed by atoms with Crippen LogP contribution >= 0.6 is 11.6 Å². The molecule has 0 spiro atoms. The van der Waals surface area contributed by atoms with Crippen molar-refractivity contribution >= 4 is 17.4 Å². The third-order valence-electron chi connectivity index (χ3n) is 4.36. The minimum atomic E-state index is -0.683. The predicted octanol–water partition coefficient (Wildman–Crippen LogP) is 4.58. The standard InChI is InChI=1S/C17H22ClFO2/c1-3-21-17(8-6-12(2)7-9-17)16(20)11-13-4-5-14(18)15(19)10-13/h4-5,10,12H,3,6-9,11H2,1-2H3. The quantitative estimate of drug-likeness (QED) is 0.795. The first-order valence-electron chi connectivity index (χ1n) is 7.58. The Morgan fingerprint density at radius 3 is 2.67 bits per heavy atom. The van der Waals surface area contributed by atoms with E-state index in [9.17, 15) is 9.18 Å². The molecule has 0 atom stereocenters. The molecule has 2 nitrogen and oxygen atoms in total. The fraction of sp³-hybridized carbons (Fsp3) is 0.588. The van der Waals surface area contributed by atoms with Gasteiger partial charge in [-0.1, -0.05) is 24.6 Å². The van der Waals surface area contributed by atoms with Crippen LogP contribution in [0.4, 0.5) is 4.39 Å². The highest BCUT2D eigenvalue weighted by Crippen LogP contribution is 2.36. The third kappa shape index (κ3) is 3.83. The van der Waals surface area contributed by atoms with Gasteiger partial charge in [0.2, 0.25) is 0 Å². The molecule has 0 radical (unpaired) electrons. The van der Waals surface area contributed by atoms with E-state index in [-0.39, 0.29) is 17.2 Å². The Morgan fingerprint density at radius 2 is 2.10 bits per heavy atom. The van der Waals surface area contributed by atoms with Gasteiger partial charge in [0.05, 0.1) is 5.02 Å². The fourth-order valence-electron chi connectivity index (χ4n) is 3.00. The van der Waals surface area contributed by atoms with Crippen molar-refractivity contribution < 1.29 is 13.9 Å². The Labute approximate surface area is 130 Å². The zero-order chi connectivity index (χ0) is 15.5. The lowest BCUT2D eigenvalue weighted by atomic mass is 9.76. The minimum Gasteiger partial charge on any atom is -0.367 e. The Balaban J connectivity index is 2.13. The van der Waals surface area contributed by atoms with Gasteiger partial charge in [-0.2, -0.15) is 0 Å². The van der Waals surface area contributed by atoms with E-state index in [1.165, 1.54) is 12.1 Å². The zero-order valence-corrected chi connectivity index (χ0v) is 13.4. The molecule has 1 aromatic rings. The number of carbonyl (C=O) groups is 1. The highest BCUT2D eigenvalue weighted by Gasteiger charge is 2.41. The van der Waals surface area contributed by atoms with Crippen LogP contribution in [0.3, 0.4) is 0 Å². The average Bonchev–Trinajstić information content (AvgIpc) is 2.46. The van der Waals surface area contributed by atoms with Crippen molar-refractivity contribution in [3.63, 3.8) is 0 Å². The molecule has 0 N–H and O–H groups in total. The second-order valence-corrected chi connectivity index (χ2v) is 6.37. The maximum absolute atomic E-state index is 13.5. The van der Waals surface area contributed by atoms with Crippen molar-refractivity contribution in [2.45, 2.75) is 51.6 Å². The van der Waals surface area contributed by atoms with E-state index in [1.807, 2.05) is 6.92 Å². The Bertz CT molecular complexity index is 508. The van der Waals surface area contributed by atoms with Gasteiger partial charge in [-0.3, -0.25) is 4.79 Å². The van der Waals surface area contributed by atoms with Crippen LogP contribution in [-0.2, 0) is 16.0 Å². The molecule has 0 aromatic heterocycles. The normalized spacial score (nSPS) is 25.8. The highest BCUT2D eigenvalue weighted by atomic mass is 35.5. The van der Waals surface area contributed by atoms with E-state index < -0.39 is 11.4 Å². The lowest BCUT2D eigenvalue weighted by molar-refractivity contribution is -0.149. The van der Waals surface area contributed by atoms with Gasteiger partial charge in [0.1, 0.15) is 11.4 Å². The van der Waals surface area contributed by atoms with Crippen LogP contribution in [0, 0.1) is 11.7 Å². The summed E-state index contributed by atoms with van der Waals surface area (Å²) in [5.41, 5.74) is -0.0308. The molecule has 2 rings (SSSR count). The Kier molecular flexibility index (Phi) is 5.39. The summed E-state index contributed by atoms with van der Waals surface area (Å²) < 4.78 is 19.3. The van der Waals surface area contributed by atoms with Crippen molar-refractivity contribution in [2.24, 2.45) is 5.92 Å². The van der Waals surface area contributed by atoms with Gasteiger partial charge in [0.25, 0.3) is 0 Å². The van der Waals surface area contributed by atoms with Crippen molar-refractivity contribution in [1.82, 2.24) is 0 Å². The summed E-state index contributed by atoms with van der Waals surface area (Å²) in [6, 6.07) is 4.54. The van der Waals surface area contributed by atoms with Crippen LogP contribution in [0.25, 0.3) is 0 Å². The first-order valence-corrected chi connectivity index (χ1v) is 7.96. The number of ether oxygens (including phenoxy) is 1. The molecule has 4 heteroatoms. The number of ketones is 1. The molecule has 0 saturated heterocycles. The Morgan fingerprint density at radius 1 is 1.43 bits per heavy atom. The molecule has 0 unspecified atom stereocenters. The summed E-state index contributed by atoms with van der Waals surface area (Å²) in [7, 11) is 0. The third-order valence-corrected chi connectivity index (χ3v) is 4.67. The fourth-order valence-corrected chi connectivity index (χ4v) is 3.12. The van der Waals surface area contributed by atoms with E-state index in [4.69, 9.17) is 16.3 Å². The smallest absolute Gasteiger partial charge is 0.168 e. The summed E-state index contributed by atoms with van der Waals surface area (Å²) in [5, 5.41) is 0.0808. The molecule has 0 bridgehead atoms. The van der Waals surface area contributed by atoms with Gasteiger partial charge in [0.15, 0.2) is 5.78 Å². The van der Waals surface area contributed by atoms with Crippen molar-refractivity contribution in [3.8, 4) is 0 Å². The molecule has 1 aliphatic rings. The molecule has 116 valence electrons. The van der Waals surface area contributed by atoms with E-state index in [1.54, 1.807) is 6.07 Å².